The molecule has 0 saturated carbocycles. The van der Waals surface area contributed by atoms with Gasteiger partial charge in [-0.15, -0.1) is 5.10 Å². The highest BCUT2D eigenvalue weighted by atomic mass is 32.1. The lowest BCUT2D eigenvalue weighted by Crippen LogP contribution is -2.29. The van der Waals surface area contributed by atoms with Gasteiger partial charge in [0.15, 0.2) is 5.69 Å². The topological polar surface area (TPSA) is 83.4 Å². The van der Waals surface area contributed by atoms with Gasteiger partial charge in [-0.2, -0.15) is 0 Å². The van der Waals surface area contributed by atoms with Gasteiger partial charge in [0.2, 0.25) is 0 Å². The zero-order valence-electron chi connectivity index (χ0n) is 10.8. The second-order valence-electron chi connectivity index (χ2n) is 4.23. The minimum absolute atomic E-state index is 0.216. The molecule has 1 N–H and O–H groups in total. The van der Waals surface area contributed by atoms with Crippen molar-refractivity contribution in [1.82, 2.24) is 14.5 Å². The van der Waals surface area contributed by atoms with E-state index in [0.29, 0.717) is 24.2 Å². The number of benzene rings is 1. The van der Waals surface area contributed by atoms with Crippen LogP contribution in [0.2, 0.25) is 0 Å². The number of carboxylic acids is 1. The molecule has 0 saturated heterocycles. The monoisotopic (exact) mass is 291 g/mol. The van der Waals surface area contributed by atoms with Crippen LogP contribution in [0.4, 0.5) is 0 Å². The van der Waals surface area contributed by atoms with Crippen molar-refractivity contribution in [2.75, 3.05) is 13.6 Å². The van der Waals surface area contributed by atoms with Gasteiger partial charge in [-0.1, -0.05) is 22.7 Å². The molecular weight excluding hydrogens is 278 g/mol. The Morgan fingerprint density at radius 1 is 1.35 bits per heavy atom. The van der Waals surface area contributed by atoms with Crippen LogP contribution in [-0.2, 0) is 6.42 Å². The number of aromatic carboxylic acids is 1. The predicted octanol–water partition coefficient (Wildman–Crippen LogP) is 1.55. The molecule has 0 aliphatic carbocycles. The second kappa shape index (κ2) is 6.25. The van der Waals surface area contributed by atoms with E-state index in [9.17, 15) is 9.59 Å². The standard InChI is InChI=1S/C13H13N3O3S/c1-16(12(17)11-8-20-15-14-11)7-6-9-4-2-3-5-10(9)13(18)19/h2-5,8H,6-7H2,1H3,(H,18,19). The maximum Gasteiger partial charge on any atom is 0.335 e. The molecule has 0 unspecified atom stereocenters. The fourth-order valence-electron chi connectivity index (χ4n) is 1.79. The van der Waals surface area contributed by atoms with E-state index in [1.807, 2.05) is 0 Å². The molecule has 0 atom stereocenters. The summed E-state index contributed by atoms with van der Waals surface area (Å²) in [7, 11) is 1.66. The molecule has 2 rings (SSSR count). The third kappa shape index (κ3) is 3.18. The van der Waals surface area contributed by atoms with Crippen LogP contribution in [0.5, 0.6) is 0 Å². The summed E-state index contributed by atoms with van der Waals surface area (Å²) in [6.45, 7) is 0.417. The average molecular weight is 291 g/mol. The fourth-order valence-corrected chi connectivity index (χ4v) is 2.22. The number of nitrogens with zero attached hydrogens (tertiary/aromatic N) is 3. The number of aromatic nitrogens is 2. The van der Waals surface area contributed by atoms with Crippen LogP contribution in [0, 0.1) is 0 Å². The Balaban J connectivity index is 2.02. The molecule has 7 heteroatoms. The van der Waals surface area contributed by atoms with E-state index in [2.05, 4.69) is 9.59 Å². The lowest BCUT2D eigenvalue weighted by Gasteiger charge is -2.16. The minimum atomic E-state index is -0.960. The number of hydrogen-bond donors (Lipinski definition) is 1. The summed E-state index contributed by atoms with van der Waals surface area (Å²) in [6, 6.07) is 6.78. The van der Waals surface area contributed by atoms with Crippen LogP contribution in [0.1, 0.15) is 26.4 Å². The number of amides is 1. The maximum atomic E-state index is 12.0. The van der Waals surface area contributed by atoms with Gasteiger partial charge in [-0.05, 0) is 29.6 Å². The Bertz CT molecular complexity index is 613. The summed E-state index contributed by atoms with van der Waals surface area (Å²) in [4.78, 5) is 24.6. The quantitative estimate of drug-likeness (QED) is 0.903. The summed E-state index contributed by atoms with van der Waals surface area (Å²) in [5.74, 6) is -1.18. The van der Waals surface area contributed by atoms with Gasteiger partial charge in [0.25, 0.3) is 5.91 Å². The van der Waals surface area contributed by atoms with Crippen molar-refractivity contribution in [2.45, 2.75) is 6.42 Å². The van der Waals surface area contributed by atoms with Crippen molar-refractivity contribution < 1.29 is 14.7 Å². The smallest absolute Gasteiger partial charge is 0.335 e. The third-order valence-corrected chi connectivity index (χ3v) is 3.39. The second-order valence-corrected chi connectivity index (χ2v) is 4.84. The summed E-state index contributed by atoms with van der Waals surface area (Å²) < 4.78 is 3.65. The normalized spacial score (nSPS) is 10.2. The molecule has 0 spiro atoms. The highest BCUT2D eigenvalue weighted by Crippen LogP contribution is 2.11. The summed E-state index contributed by atoms with van der Waals surface area (Å²) in [6.07, 6.45) is 0.474. The Kier molecular flexibility index (Phi) is 4.41. The molecule has 0 fully saturated rings. The van der Waals surface area contributed by atoms with Gasteiger partial charge in [-0.25, -0.2) is 4.79 Å². The van der Waals surface area contributed by atoms with Crippen molar-refractivity contribution in [2.24, 2.45) is 0 Å². The van der Waals surface area contributed by atoms with E-state index in [1.165, 1.54) is 4.90 Å². The molecule has 1 amide bonds. The number of rotatable bonds is 5. The maximum absolute atomic E-state index is 12.0. The number of carbonyl (C=O) groups is 2. The van der Waals surface area contributed by atoms with E-state index < -0.39 is 5.97 Å². The first kappa shape index (κ1) is 14.1. The first-order chi connectivity index (χ1) is 9.59. The van der Waals surface area contributed by atoms with E-state index >= 15 is 0 Å². The molecule has 1 heterocycles. The number of hydrogen-bond acceptors (Lipinski definition) is 5. The van der Waals surface area contributed by atoms with Crippen LogP contribution in [0.25, 0.3) is 0 Å². The third-order valence-electron chi connectivity index (χ3n) is 2.89. The molecule has 0 bridgehead atoms. The molecule has 6 nitrogen and oxygen atoms in total. The van der Waals surface area contributed by atoms with Crippen LogP contribution in [-0.4, -0.2) is 45.1 Å². The van der Waals surface area contributed by atoms with E-state index in [0.717, 1.165) is 11.5 Å². The molecule has 0 aliphatic rings. The van der Waals surface area contributed by atoms with Crippen LogP contribution in [0.3, 0.4) is 0 Å². The molecule has 0 aliphatic heterocycles. The molecule has 104 valence electrons. The lowest BCUT2D eigenvalue weighted by molar-refractivity contribution is 0.0695. The van der Waals surface area contributed by atoms with Gasteiger partial charge < -0.3 is 10.0 Å². The van der Waals surface area contributed by atoms with Gasteiger partial charge in [0.05, 0.1) is 5.56 Å². The molecule has 20 heavy (non-hydrogen) atoms. The average Bonchev–Trinajstić information content (AvgIpc) is 2.98. The largest absolute Gasteiger partial charge is 0.478 e. The van der Waals surface area contributed by atoms with Crippen molar-refractivity contribution in [3.63, 3.8) is 0 Å². The summed E-state index contributed by atoms with van der Waals surface area (Å²) in [5, 5.41) is 14.4. The zero-order valence-corrected chi connectivity index (χ0v) is 11.6. The highest BCUT2D eigenvalue weighted by Gasteiger charge is 2.15. The molecule has 1 aromatic heterocycles. The highest BCUT2D eigenvalue weighted by molar-refractivity contribution is 7.03. The van der Waals surface area contributed by atoms with Crippen LogP contribution in [0.15, 0.2) is 29.6 Å². The number of likely N-dealkylation sites (N-methyl/N-ethyl adjacent to an activating group) is 1. The van der Waals surface area contributed by atoms with Crippen molar-refractivity contribution in [3.8, 4) is 0 Å². The van der Waals surface area contributed by atoms with E-state index in [-0.39, 0.29) is 11.5 Å². The van der Waals surface area contributed by atoms with Crippen LogP contribution < -0.4 is 0 Å². The first-order valence-corrected chi connectivity index (χ1v) is 6.77. The Hall–Kier alpha value is -2.28. The van der Waals surface area contributed by atoms with Gasteiger partial charge >= 0.3 is 5.97 Å². The molecule has 1 aromatic carbocycles. The van der Waals surface area contributed by atoms with E-state index in [1.54, 1.807) is 36.7 Å². The van der Waals surface area contributed by atoms with Crippen molar-refractivity contribution in [3.05, 3.63) is 46.5 Å². The number of carboxylic acid groups (broad SMARTS) is 1. The Morgan fingerprint density at radius 2 is 2.10 bits per heavy atom. The van der Waals surface area contributed by atoms with E-state index in [4.69, 9.17) is 5.11 Å². The van der Waals surface area contributed by atoms with Gasteiger partial charge in [0.1, 0.15) is 0 Å². The zero-order chi connectivity index (χ0) is 14.5. The summed E-state index contributed by atoms with van der Waals surface area (Å²) in [5.41, 5.74) is 1.28. The number of carbonyl (C=O) groups excluding carboxylic acids is 1. The molecular formula is C13H13N3O3S. The fraction of sp³-hybridized carbons (Fsp3) is 0.231. The molecule has 2 aromatic rings. The van der Waals surface area contributed by atoms with Crippen LogP contribution >= 0.6 is 11.5 Å². The SMILES string of the molecule is CN(CCc1ccccc1C(=O)O)C(=O)c1csnn1. The predicted molar refractivity (Wildman–Crippen MR) is 74.0 cm³/mol. The Labute approximate surface area is 119 Å². The van der Waals surface area contributed by atoms with Gasteiger partial charge in [-0.3, -0.25) is 4.79 Å². The Morgan fingerprint density at radius 3 is 2.75 bits per heavy atom. The van der Waals surface area contributed by atoms with Gasteiger partial charge in [0, 0.05) is 19.0 Å². The van der Waals surface area contributed by atoms with Crippen molar-refractivity contribution >= 4 is 23.4 Å². The first-order valence-electron chi connectivity index (χ1n) is 5.93. The van der Waals surface area contributed by atoms with Crippen molar-refractivity contribution in [1.29, 1.82) is 0 Å². The summed E-state index contributed by atoms with van der Waals surface area (Å²) >= 11 is 1.12. The molecule has 0 radical (unpaired) electrons. The lowest BCUT2D eigenvalue weighted by atomic mass is 10.0. The minimum Gasteiger partial charge on any atom is -0.478 e.